The second-order valence-electron chi connectivity index (χ2n) is 4.94. The van der Waals surface area contributed by atoms with E-state index in [4.69, 9.17) is 11.6 Å². The fourth-order valence-corrected chi connectivity index (χ4v) is 2.04. The summed E-state index contributed by atoms with van der Waals surface area (Å²) in [6, 6.07) is 7.71. The van der Waals surface area contributed by atoms with Gasteiger partial charge in [0.15, 0.2) is 0 Å². The lowest BCUT2D eigenvalue weighted by Crippen LogP contribution is -2.32. The van der Waals surface area contributed by atoms with Crippen molar-refractivity contribution in [3.63, 3.8) is 0 Å². The summed E-state index contributed by atoms with van der Waals surface area (Å²) >= 11 is 5.85. The number of amides is 1. The summed E-state index contributed by atoms with van der Waals surface area (Å²) in [5, 5.41) is 5.59. The Balaban J connectivity index is 2.04. The summed E-state index contributed by atoms with van der Waals surface area (Å²) in [7, 11) is 0. The predicted octanol–water partition coefficient (Wildman–Crippen LogP) is 4.37. The molecule has 0 bridgehead atoms. The van der Waals surface area contributed by atoms with Crippen molar-refractivity contribution in [2.45, 2.75) is 19.9 Å². The highest BCUT2D eigenvalue weighted by Crippen LogP contribution is 2.23. The van der Waals surface area contributed by atoms with Gasteiger partial charge in [-0.2, -0.15) is 0 Å². The van der Waals surface area contributed by atoms with Gasteiger partial charge in [-0.3, -0.25) is 4.79 Å². The Morgan fingerprint density at radius 1 is 1.18 bits per heavy atom. The first kappa shape index (κ1) is 16.2. The van der Waals surface area contributed by atoms with Gasteiger partial charge < -0.3 is 10.6 Å². The second kappa shape index (κ2) is 6.75. The largest absolute Gasteiger partial charge is 0.374 e. The summed E-state index contributed by atoms with van der Waals surface area (Å²) in [6.07, 6.45) is 0. The van der Waals surface area contributed by atoms with E-state index < -0.39 is 11.9 Å². The summed E-state index contributed by atoms with van der Waals surface area (Å²) in [6.45, 7) is 3.29. The number of carbonyl (C=O) groups is 1. The summed E-state index contributed by atoms with van der Waals surface area (Å²) in [5.74, 6) is -1.20. The molecule has 0 aromatic heterocycles. The highest BCUT2D eigenvalue weighted by molar-refractivity contribution is 6.33. The molecule has 2 aromatic carbocycles. The number of benzene rings is 2. The molecule has 2 rings (SSSR count). The van der Waals surface area contributed by atoms with Crippen LogP contribution in [0.15, 0.2) is 36.4 Å². The van der Waals surface area contributed by atoms with Gasteiger partial charge in [0, 0.05) is 5.69 Å². The van der Waals surface area contributed by atoms with Crippen LogP contribution >= 0.6 is 11.6 Å². The predicted molar refractivity (Wildman–Crippen MR) is 84.3 cm³/mol. The Bertz CT molecular complexity index is 707. The van der Waals surface area contributed by atoms with Crippen LogP contribution in [-0.2, 0) is 4.79 Å². The first-order chi connectivity index (χ1) is 10.4. The zero-order valence-corrected chi connectivity index (χ0v) is 12.8. The maximum atomic E-state index is 13.5. The molecule has 2 aromatic rings. The topological polar surface area (TPSA) is 41.1 Å². The van der Waals surface area contributed by atoms with E-state index in [2.05, 4.69) is 10.6 Å². The van der Waals surface area contributed by atoms with Gasteiger partial charge in [0.25, 0.3) is 0 Å². The monoisotopic (exact) mass is 324 g/mol. The Morgan fingerprint density at radius 2 is 1.91 bits per heavy atom. The van der Waals surface area contributed by atoms with Crippen LogP contribution in [-0.4, -0.2) is 11.9 Å². The lowest BCUT2D eigenvalue weighted by Gasteiger charge is -2.16. The van der Waals surface area contributed by atoms with E-state index in [1.54, 1.807) is 26.0 Å². The highest BCUT2D eigenvalue weighted by atomic mass is 35.5. The van der Waals surface area contributed by atoms with Crippen molar-refractivity contribution in [1.82, 2.24) is 0 Å². The highest BCUT2D eigenvalue weighted by Gasteiger charge is 2.15. The molecule has 116 valence electrons. The van der Waals surface area contributed by atoms with Crippen molar-refractivity contribution in [1.29, 1.82) is 0 Å². The third-order valence-electron chi connectivity index (χ3n) is 3.14. The van der Waals surface area contributed by atoms with Crippen LogP contribution in [0.5, 0.6) is 0 Å². The standard InChI is InChI=1S/C16H15ClF2N2O/c1-9-3-5-12(8-14(9)19)20-10(2)16(22)21-15-6-4-11(18)7-13(15)17/h3-8,10,20H,1-2H3,(H,21,22)/t10-/m1/s1. The molecule has 0 spiro atoms. The molecule has 1 atom stereocenters. The van der Waals surface area contributed by atoms with Crippen molar-refractivity contribution in [2.75, 3.05) is 10.6 Å². The van der Waals surface area contributed by atoms with Crippen LogP contribution in [0.25, 0.3) is 0 Å². The van der Waals surface area contributed by atoms with E-state index >= 15 is 0 Å². The molecule has 3 nitrogen and oxygen atoms in total. The second-order valence-corrected chi connectivity index (χ2v) is 5.35. The van der Waals surface area contributed by atoms with Crippen LogP contribution < -0.4 is 10.6 Å². The van der Waals surface area contributed by atoms with Crippen molar-refractivity contribution >= 4 is 28.9 Å². The number of nitrogens with one attached hydrogen (secondary N) is 2. The Kier molecular flexibility index (Phi) is 4.98. The molecule has 22 heavy (non-hydrogen) atoms. The Hall–Kier alpha value is -2.14. The summed E-state index contributed by atoms with van der Waals surface area (Å²) < 4.78 is 26.4. The first-order valence-corrected chi connectivity index (χ1v) is 7.03. The molecule has 0 saturated heterocycles. The number of rotatable bonds is 4. The van der Waals surface area contributed by atoms with Crippen LogP contribution in [0.4, 0.5) is 20.2 Å². The maximum Gasteiger partial charge on any atom is 0.246 e. The number of anilines is 2. The van der Waals surface area contributed by atoms with Gasteiger partial charge in [-0.15, -0.1) is 0 Å². The van der Waals surface area contributed by atoms with E-state index in [0.29, 0.717) is 16.9 Å². The third-order valence-corrected chi connectivity index (χ3v) is 3.45. The van der Waals surface area contributed by atoms with Gasteiger partial charge in [-0.1, -0.05) is 17.7 Å². The van der Waals surface area contributed by atoms with Gasteiger partial charge >= 0.3 is 0 Å². The Morgan fingerprint density at radius 3 is 2.55 bits per heavy atom. The minimum absolute atomic E-state index is 0.113. The molecule has 0 aliphatic rings. The molecule has 0 saturated carbocycles. The van der Waals surface area contributed by atoms with Gasteiger partial charge in [0.2, 0.25) is 5.91 Å². The minimum Gasteiger partial charge on any atom is -0.374 e. The third kappa shape index (κ3) is 3.95. The maximum absolute atomic E-state index is 13.5. The van der Waals surface area contributed by atoms with Crippen LogP contribution in [0.3, 0.4) is 0 Å². The normalized spacial score (nSPS) is 11.9. The van der Waals surface area contributed by atoms with Gasteiger partial charge in [-0.05, 0) is 49.7 Å². The van der Waals surface area contributed by atoms with Crippen LogP contribution in [0.1, 0.15) is 12.5 Å². The lowest BCUT2D eigenvalue weighted by molar-refractivity contribution is -0.116. The molecule has 1 amide bonds. The summed E-state index contributed by atoms with van der Waals surface area (Å²) in [5.41, 5.74) is 1.34. The number of hydrogen-bond donors (Lipinski definition) is 2. The average molecular weight is 325 g/mol. The van der Waals surface area contributed by atoms with E-state index in [-0.39, 0.29) is 16.7 Å². The van der Waals surface area contributed by atoms with Crippen molar-refractivity contribution in [3.05, 3.63) is 58.6 Å². The fraction of sp³-hybridized carbons (Fsp3) is 0.188. The lowest BCUT2D eigenvalue weighted by atomic mass is 10.2. The molecular weight excluding hydrogens is 310 g/mol. The zero-order valence-electron chi connectivity index (χ0n) is 12.1. The average Bonchev–Trinajstić information content (AvgIpc) is 2.45. The van der Waals surface area contributed by atoms with Crippen molar-refractivity contribution in [2.24, 2.45) is 0 Å². The number of hydrogen-bond acceptors (Lipinski definition) is 2. The van der Waals surface area contributed by atoms with Gasteiger partial charge in [0.1, 0.15) is 17.7 Å². The molecular formula is C16H15ClF2N2O. The van der Waals surface area contributed by atoms with E-state index in [1.807, 2.05) is 0 Å². The molecule has 2 N–H and O–H groups in total. The molecule has 0 unspecified atom stereocenters. The Labute approximate surface area is 132 Å². The molecule has 0 aliphatic carbocycles. The molecule has 0 heterocycles. The van der Waals surface area contributed by atoms with E-state index in [1.165, 1.54) is 18.2 Å². The first-order valence-electron chi connectivity index (χ1n) is 6.65. The molecule has 0 fully saturated rings. The molecule has 6 heteroatoms. The minimum atomic E-state index is -0.622. The summed E-state index contributed by atoms with van der Waals surface area (Å²) in [4.78, 5) is 12.1. The number of halogens is 3. The zero-order chi connectivity index (χ0) is 16.3. The van der Waals surface area contributed by atoms with E-state index in [9.17, 15) is 13.6 Å². The van der Waals surface area contributed by atoms with Crippen LogP contribution in [0, 0.1) is 18.6 Å². The quantitative estimate of drug-likeness (QED) is 0.877. The smallest absolute Gasteiger partial charge is 0.246 e. The molecule has 0 aliphatic heterocycles. The van der Waals surface area contributed by atoms with Crippen molar-refractivity contribution in [3.8, 4) is 0 Å². The van der Waals surface area contributed by atoms with E-state index in [0.717, 1.165) is 6.07 Å². The van der Waals surface area contributed by atoms with Gasteiger partial charge in [-0.25, -0.2) is 8.78 Å². The van der Waals surface area contributed by atoms with Crippen molar-refractivity contribution < 1.29 is 13.6 Å². The molecule has 0 radical (unpaired) electrons. The van der Waals surface area contributed by atoms with Gasteiger partial charge in [0.05, 0.1) is 10.7 Å². The number of aryl methyl sites for hydroxylation is 1. The SMILES string of the molecule is Cc1ccc(N[C@H](C)C(=O)Nc2ccc(F)cc2Cl)cc1F. The number of carbonyl (C=O) groups excluding carboxylic acids is 1. The van der Waals surface area contributed by atoms with Crippen LogP contribution in [0.2, 0.25) is 5.02 Å². The fourth-order valence-electron chi connectivity index (χ4n) is 1.83.